The van der Waals surface area contributed by atoms with Crippen molar-refractivity contribution in [2.45, 2.75) is 20.8 Å². The van der Waals surface area contributed by atoms with Crippen LogP contribution in [-0.2, 0) is 9.53 Å². The smallest absolute Gasteiger partial charge is 0.342 e. The second kappa shape index (κ2) is 6.96. The molecule has 0 bridgehead atoms. The second-order valence-electron chi connectivity index (χ2n) is 5.39. The van der Waals surface area contributed by atoms with E-state index in [1.807, 2.05) is 26.0 Å². The summed E-state index contributed by atoms with van der Waals surface area (Å²) in [5, 5.41) is 12.5. The van der Waals surface area contributed by atoms with Gasteiger partial charge in [0.2, 0.25) is 0 Å². The van der Waals surface area contributed by atoms with Gasteiger partial charge in [-0.3, -0.25) is 4.79 Å². The molecule has 0 unspecified atom stereocenters. The molecule has 0 aliphatic carbocycles. The maximum Gasteiger partial charge on any atom is 0.342 e. The first-order chi connectivity index (χ1) is 10.9. The van der Waals surface area contributed by atoms with Gasteiger partial charge < -0.3 is 15.2 Å². The van der Waals surface area contributed by atoms with Crippen molar-refractivity contribution in [3.8, 4) is 5.75 Å². The molecule has 2 aromatic carbocycles. The normalized spacial score (nSPS) is 10.2. The van der Waals surface area contributed by atoms with Crippen LogP contribution in [0.2, 0.25) is 0 Å². The van der Waals surface area contributed by atoms with Crippen LogP contribution in [-0.4, -0.2) is 23.6 Å². The number of esters is 1. The standard InChI is InChI=1S/C18H19NO4/c1-11-7-8-14(9-13(11)3)19-16(20)10-23-18(22)15-6-4-5-12(2)17(15)21/h4-9,21H,10H2,1-3H3,(H,19,20). The van der Waals surface area contributed by atoms with E-state index in [2.05, 4.69) is 5.32 Å². The topological polar surface area (TPSA) is 75.6 Å². The summed E-state index contributed by atoms with van der Waals surface area (Å²) in [7, 11) is 0. The number of carbonyl (C=O) groups excluding carboxylic acids is 2. The lowest BCUT2D eigenvalue weighted by Crippen LogP contribution is -2.21. The van der Waals surface area contributed by atoms with Crippen molar-refractivity contribution in [2.24, 2.45) is 0 Å². The lowest BCUT2D eigenvalue weighted by Gasteiger charge is -2.09. The van der Waals surface area contributed by atoms with Crippen LogP contribution in [0.3, 0.4) is 0 Å². The Morgan fingerprint density at radius 3 is 2.48 bits per heavy atom. The number of rotatable bonds is 4. The molecule has 5 heteroatoms. The molecule has 0 heterocycles. The van der Waals surface area contributed by atoms with Crippen molar-refractivity contribution >= 4 is 17.6 Å². The van der Waals surface area contributed by atoms with Gasteiger partial charge in [0.15, 0.2) is 6.61 Å². The maximum atomic E-state index is 11.9. The van der Waals surface area contributed by atoms with Crippen LogP contribution < -0.4 is 5.32 Å². The van der Waals surface area contributed by atoms with Crippen LogP contribution in [0.1, 0.15) is 27.0 Å². The van der Waals surface area contributed by atoms with E-state index in [4.69, 9.17) is 4.74 Å². The Morgan fingerprint density at radius 1 is 1.04 bits per heavy atom. The van der Waals surface area contributed by atoms with E-state index in [-0.39, 0.29) is 11.3 Å². The molecule has 23 heavy (non-hydrogen) atoms. The number of aromatic hydroxyl groups is 1. The SMILES string of the molecule is Cc1ccc(NC(=O)COC(=O)c2cccc(C)c2O)cc1C. The van der Waals surface area contributed by atoms with Crippen molar-refractivity contribution in [1.29, 1.82) is 0 Å². The van der Waals surface area contributed by atoms with Gasteiger partial charge in [0.25, 0.3) is 5.91 Å². The Balaban J connectivity index is 1.94. The summed E-state index contributed by atoms with van der Waals surface area (Å²) in [4.78, 5) is 23.8. The van der Waals surface area contributed by atoms with Gasteiger partial charge >= 0.3 is 5.97 Å². The Bertz CT molecular complexity index is 753. The van der Waals surface area contributed by atoms with E-state index in [1.54, 1.807) is 25.1 Å². The summed E-state index contributed by atoms with van der Waals surface area (Å²) in [6, 6.07) is 10.3. The number of ether oxygens (including phenoxy) is 1. The van der Waals surface area contributed by atoms with Crippen molar-refractivity contribution in [1.82, 2.24) is 0 Å². The highest BCUT2D eigenvalue weighted by atomic mass is 16.5. The Labute approximate surface area is 134 Å². The number of amides is 1. The zero-order chi connectivity index (χ0) is 17.0. The molecule has 0 atom stereocenters. The Hall–Kier alpha value is -2.82. The largest absolute Gasteiger partial charge is 0.507 e. The molecule has 0 aliphatic rings. The molecule has 0 fully saturated rings. The molecule has 2 aromatic rings. The second-order valence-corrected chi connectivity index (χ2v) is 5.39. The molecule has 0 saturated carbocycles. The van der Waals surface area contributed by atoms with Gasteiger partial charge in [0.1, 0.15) is 11.3 Å². The lowest BCUT2D eigenvalue weighted by molar-refractivity contribution is -0.119. The molecule has 0 spiro atoms. The minimum atomic E-state index is -0.735. The molecular formula is C18H19NO4. The molecule has 0 aromatic heterocycles. The van der Waals surface area contributed by atoms with Crippen LogP contribution in [0.25, 0.3) is 0 Å². The monoisotopic (exact) mass is 313 g/mol. The first kappa shape index (κ1) is 16.5. The third-order valence-corrected chi connectivity index (χ3v) is 3.58. The summed E-state index contributed by atoms with van der Waals surface area (Å²) in [6.07, 6.45) is 0. The number of para-hydroxylation sites is 1. The van der Waals surface area contributed by atoms with Gasteiger partial charge in [0.05, 0.1) is 0 Å². The van der Waals surface area contributed by atoms with Crippen molar-refractivity contribution in [3.63, 3.8) is 0 Å². The van der Waals surface area contributed by atoms with Gasteiger partial charge in [-0.05, 0) is 55.7 Å². The van der Waals surface area contributed by atoms with Gasteiger partial charge in [-0.15, -0.1) is 0 Å². The quantitative estimate of drug-likeness (QED) is 0.850. The predicted molar refractivity (Wildman–Crippen MR) is 87.7 cm³/mol. The third-order valence-electron chi connectivity index (χ3n) is 3.58. The van der Waals surface area contributed by atoms with E-state index < -0.39 is 18.5 Å². The lowest BCUT2D eigenvalue weighted by atomic mass is 10.1. The molecule has 2 N–H and O–H groups in total. The molecular weight excluding hydrogens is 294 g/mol. The van der Waals surface area contributed by atoms with Crippen LogP contribution in [0.15, 0.2) is 36.4 Å². The highest BCUT2D eigenvalue weighted by Gasteiger charge is 2.15. The third kappa shape index (κ3) is 4.10. The first-order valence-electron chi connectivity index (χ1n) is 7.21. The molecule has 0 radical (unpaired) electrons. The van der Waals surface area contributed by atoms with Crippen LogP contribution in [0.5, 0.6) is 5.75 Å². The van der Waals surface area contributed by atoms with E-state index in [0.29, 0.717) is 11.3 Å². The molecule has 0 saturated heterocycles. The number of phenols is 1. The zero-order valence-electron chi connectivity index (χ0n) is 13.3. The fourth-order valence-electron chi connectivity index (χ4n) is 2.05. The Kier molecular flexibility index (Phi) is 5.01. The van der Waals surface area contributed by atoms with Gasteiger partial charge in [-0.25, -0.2) is 4.79 Å². The predicted octanol–water partition coefficient (Wildman–Crippen LogP) is 3.11. The number of phenolic OH excluding ortho intramolecular Hbond substituents is 1. The fourth-order valence-corrected chi connectivity index (χ4v) is 2.05. The summed E-state index contributed by atoms with van der Waals surface area (Å²) < 4.78 is 4.94. The number of anilines is 1. The fraction of sp³-hybridized carbons (Fsp3) is 0.222. The maximum absolute atomic E-state index is 11.9. The van der Waals surface area contributed by atoms with Crippen molar-refractivity contribution in [2.75, 3.05) is 11.9 Å². The average Bonchev–Trinajstić information content (AvgIpc) is 2.51. The Morgan fingerprint density at radius 2 is 1.78 bits per heavy atom. The minimum Gasteiger partial charge on any atom is -0.507 e. The average molecular weight is 313 g/mol. The minimum absolute atomic E-state index is 0.0454. The van der Waals surface area contributed by atoms with Crippen LogP contribution >= 0.6 is 0 Å². The number of hydrogen-bond acceptors (Lipinski definition) is 4. The first-order valence-corrected chi connectivity index (χ1v) is 7.21. The number of hydrogen-bond donors (Lipinski definition) is 2. The molecule has 2 rings (SSSR count). The molecule has 1 amide bonds. The van der Waals surface area contributed by atoms with Crippen molar-refractivity contribution in [3.05, 3.63) is 58.7 Å². The number of carbonyl (C=O) groups is 2. The summed E-state index contributed by atoms with van der Waals surface area (Å²) in [6.45, 7) is 5.19. The molecule has 5 nitrogen and oxygen atoms in total. The number of aryl methyl sites for hydroxylation is 3. The van der Waals surface area contributed by atoms with E-state index >= 15 is 0 Å². The molecule has 120 valence electrons. The van der Waals surface area contributed by atoms with Gasteiger partial charge in [-0.2, -0.15) is 0 Å². The summed E-state index contributed by atoms with van der Waals surface area (Å²) in [5.41, 5.74) is 3.45. The van der Waals surface area contributed by atoms with E-state index in [9.17, 15) is 14.7 Å². The zero-order valence-corrected chi connectivity index (χ0v) is 13.3. The van der Waals surface area contributed by atoms with Gasteiger partial charge in [-0.1, -0.05) is 18.2 Å². The van der Waals surface area contributed by atoms with Crippen LogP contribution in [0, 0.1) is 20.8 Å². The van der Waals surface area contributed by atoms with E-state index in [0.717, 1.165) is 11.1 Å². The number of nitrogens with one attached hydrogen (secondary N) is 1. The summed E-state index contributed by atoms with van der Waals surface area (Å²) in [5.74, 6) is -1.30. The highest BCUT2D eigenvalue weighted by molar-refractivity contribution is 5.97. The summed E-state index contributed by atoms with van der Waals surface area (Å²) >= 11 is 0. The van der Waals surface area contributed by atoms with Crippen LogP contribution in [0.4, 0.5) is 5.69 Å². The van der Waals surface area contributed by atoms with E-state index in [1.165, 1.54) is 6.07 Å². The highest BCUT2D eigenvalue weighted by Crippen LogP contribution is 2.22. The number of benzene rings is 2. The van der Waals surface area contributed by atoms with Crippen molar-refractivity contribution < 1.29 is 19.4 Å². The molecule has 0 aliphatic heterocycles. The van der Waals surface area contributed by atoms with Gasteiger partial charge in [0, 0.05) is 5.69 Å².